The molecule has 5 nitrogen and oxygen atoms in total. The number of benzene rings is 1. The number of pyridine rings is 1. The number of H-pyrrole nitrogens is 1. The lowest BCUT2D eigenvalue weighted by Gasteiger charge is -2.45. The SMILES string of the molecule is C.C/C=C1\C2C=C(C)CC1(N=C/C=C/c1cccc(C(=O)OCCC)c1)c1ccc(=O)[nH]c1C2. The van der Waals surface area contributed by atoms with Crippen LogP contribution in [0.15, 0.2) is 75.6 Å². The molecule has 0 fully saturated rings. The maximum absolute atomic E-state index is 12.1. The summed E-state index contributed by atoms with van der Waals surface area (Å²) in [5.74, 6) is -0.0676. The van der Waals surface area contributed by atoms with E-state index in [0.29, 0.717) is 12.2 Å². The number of esters is 1. The van der Waals surface area contributed by atoms with Gasteiger partial charge in [0, 0.05) is 35.9 Å². The summed E-state index contributed by atoms with van der Waals surface area (Å²) in [5.41, 5.74) is 5.49. The molecule has 1 aromatic carbocycles. The van der Waals surface area contributed by atoms with Gasteiger partial charge in [-0.15, -0.1) is 0 Å². The van der Waals surface area contributed by atoms with E-state index in [0.717, 1.165) is 36.1 Å². The van der Waals surface area contributed by atoms with E-state index in [4.69, 9.17) is 9.73 Å². The molecule has 1 N–H and O–H groups in total. The maximum atomic E-state index is 12.1. The lowest BCUT2D eigenvalue weighted by atomic mass is 9.63. The van der Waals surface area contributed by atoms with Crippen LogP contribution in [0.4, 0.5) is 0 Å². The molecule has 1 aromatic heterocycles. The first kappa shape index (κ1) is 25.2. The molecule has 5 heteroatoms. The van der Waals surface area contributed by atoms with Crippen LogP contribution in [-0.4, -0.2) is 23.8 Å². The largest absolute Gasteiger partial charge is 0.462 e. The highest BCUT2D eigenvalue weighted by atomic mass is 16.5. The second-order valence-electron chi connectivity index (χ2n) is 8.72. The molecule has 178 valence electrons. The lowest BCUT2D eigenvalue weighted by Crippen LogP contribution is -2.40. The lowest BCUT2D eigenvalue weighted by molar-refractivity contribution is 0.0505. The minimum atomic E-state index is -0.508. The van der Waals surface area contributed by atoms with E-state index in [-0.39, 0.29) is 24.9 Å². The van der Waals surface area contributed by atoms with Gasteiger partial charge < -0.3 is 9.72 Å². The highest BCUT2D eigenvalue weighted by molar-refractivity contribution is 5.90. The van der Waals surface area contributed by atoms with Crippen LogP contribution in [0.2, 0.25) is 0 Å². The van der Waals surface area contributed by atoms with Gasteiger partial charge in [-0.25, -0.2) is 4.79 Å². The number of carbonyl (C=O) groups is 1. The van der Waals surface area contributed by atoms with Crippen LogP contribution in [-0.2, 0) is 16.7 Å². The zero-order valence-electron chi connectivity index (χ0n) is 19.4. The number of allylic oxidation sites excluding steroid dienone is 3. The van der Waals surface area contributed by atoms with Crippen LogP contribution < -0.4 is 5.56 Å². The third kappa shape index (κ3) is 4.89. The molecule has 2 aliphatic carbocycles. The van der Waals surface area contributed by atoms with Crippen molar-refractivity contribution in [1.29, 1.82) is 0 Å². The molecule has 0 spiro atoms. The second kappa shape index (κ2) is 10.6. The Morgan fingerprint density at radius 1 is 1.29 bits per heavy atom. The first-order valence-corrected chi connectivity index (χ1v) is 11.5. The first-order chi connectivity index (χ1) is 16.0. The summed E-state index contributed by atoms with van der Waals surface area (Å²) in [6.45, 7) is 6.61. The summed E-state index contributed by atoms with van der Waals surface area (Å²) in [4.78, 5) is 32.2. The molecule has 2 unspecified atom stereocenters. The standard InChI is InChI=1S/C28H30N2O3.CH4/c1-4-14-33-27(32)21-10-6-8-20(16-21)9-7-13-29-28-18-19(3)15-22(23(28)5-2)17-25-24(28)11-12-26(31)30-25;/h5-13,15-16,22H,4,14,17-18H2,1-3H3,(H,30,31);1H4/b9-7+,23-5+,29-13?;. The number of carbonyl (C=O) groups excluding carboxylic acids is 1. The number of ether oxygens (including phenoxy) is 1. The van der Waals surface area contributed by atoms with Gasteiger partial charge in [-0.1, -0.05) is 50.3 Å². The molecular formula is C29H34N2O3. The highest BCUT2D eigenvalue weighted by Gasteiger charge is 2.46. The Balaban J connectivity index is 0.00000324. The number of fused-ring (bicyclic) bond motifs is 4. The van der Waals surface area contributed by atoms with Gasteiger partial charge in [-0.05, 0) is 62.1 Å². The zero-order valence-corrected chi connectivity index (χ0v) is 19.4. The smallest absolute Gasteiger partial charge is 0.338 e. The molecule has 4 rings (SSSR count). The average Bonchev–Trinajstić information content (AvgIpc) is 2.80. The van der Waals surface area contributed by atoms with Gasteiger partial charge >= 0.3 is 5.97 Å². The van der Waals surface area contributed by atoms with Crippen LogP contribution >= 0.6 is 0 Å². The minimum absolute atomic E-state index is 0. The number of hydrogen-bond acceptors (Lipinski definition) is 4. The molecule has 2 aliphatic rings. The highest BCUT2D eigenvalue weighted by Crippen LogP contribution is 2.51. The van der Waals surface area contributed by atoms with Crippen molar-refractivity contribution in [2.75, 3.05) is 6.61 Å². The van der Waals surface area contributed by atoms with Crippen molar-refractivity contribution < 1.29 is 9.53 Å². The number of hydrogen-bond donors (Lipinski definition) is 1. The first-order valence-electron chi connectivity index (χ1n) is 11.5. The van der Waals surface area contributed by atoms with E-state index in [2.05, 4.69) is 31.0 Å². The van der Waals surface area contributed by atoms with E-state index in [1.807, 2.05) is 49.6 Å². The Hall–Kier alpha value is -3.47. The molecule has 0 saturated heterocycles. The van der Waals surface area contributed by atoms with Gasteiger partial charge in [0.15, 0.2) is 0 Å². The van der Waals surface area contributed by atoms with Crippen molar-refractivity contribution >= 4 is 18.3 Å². The van der Waals surface area contributed by atoms with E-state index in [1.165, 1.54) is 11.1 Å². The summed E-state index contributed by atoms with van der Waals surface area (Å²) in [6, 6.07) is 10.9. The molecule has 2 atom stereocenters. The molecule has 2 bridgehead atoms. The fourth-order valence-corrected chi connectivity index (χ4v) is 5.02. The third-order valence-corrected chi connectivity index (χ3v) is 6.31. The number of nitrogens with one attached hydrogen (secondary N) is 1. The fraction of sp³-hybridized carbons (Fsp3) is 0.345. The van der Waals surface area contributed by atoms with Gasteiger partial charge in [-0.3, -0.25) is 9.79 Å². The molecule has 0 amide bonds. The topological polar surface area (TPSA) is 71.5 Å². The number of aliphatic imine (C=N–C) groups is 1. The number of rotatable bonds is 6. The summed E-state index contributed by atoms with van der Waals surface area (Å²) in [7, 11) is 0. The fourth-order valence-electron chi connectivity index (χ4n) is 5.02. The molecule has 2 aromatic rings. The normalized spacial score (nSPS) is 22.4. The van der Waals surface area contributed by atoms with Gasteiger partial charge in [-0.2, -0.15) is 0 Å². The maximum Gasteiger partial charge on any atom is 0.338 e. The monoisotopic (exact) mass is 458 g/mol. The van der Waals surface area contributed by atoms with Crippen molar-refractivity contribution in [3.63, 3.8) is 0 Å². The Kier molecular flexibility index (Phi) is 7.87. The van der Waals surface area contributed by atoms with E-state index >= 15 is 0 Å². The summed E-state index contributed by atoms with van der Waals surface area (Å²) in [6.07, 6.45) is 12.5. The minimum Gasteiger partial charge on any atom is -0.462 e. The van der Waals surface area contributed by atoms with Crippen molar-refractivity contribution in [2.45, 2.75) is 53.0 Å². The van der Waals surface area contributed by atoms with Crippen LogP contribution in [0.1, 0.15) is 68.2 Å². The van der Waals surface area contributed by atoms with Crippen molar-refractivity contribution in [1.82, 2.24) is 4.98 Å². The third-order valence-electron chi connectivity index (χ3n) is 6.31. The summed E-state index contributed by atoms with van der Waals surface area (Å²) in [5, 5.41) is 0. The van der Waals surface area contributed by atoms with Crippen molar-refractivity contribution in [3.05, 3.63) is 98.5 Å². The molecular weight excluding hydrogens is 424 g/mol. The predicted molar refractivity (Wildman–Crippen MR) is 139 cm³/mol. The van der Waals surface area contributed by atoms with Gasteiger partial charge in [0.05, 0.1) is 12.2 Å². The predicted octanol–water partition coefficient (Wildman–Crippen LogP) is 6.03. The summed E-state index contributed by atoms with van der Waals surface area (Å²) >= 11 is 0. The molecule has 1 heterocycles. The van der Waals surface area contributed by atoms with Crippen LogP contribution in [0.5, 0.6) is 0 Å². The van der Waals surface area contributed by atoms with E-state index in [1.54, 1.807) is 12.1 Å². The van der Waals surface area contributed by atoms with Crippen LogP contribution in [0.3, 0.4) is 0 Å². The molecule has 0 aliphatic heterocycles. The Bertz CT molecular complexity index is 1230. The Labute approximate surface area is 202 Å². The molecule has 0 radical (unpaired) electrons. The number of aromatic nitrogens is 1. The van der Waals surface area contributed by atoms with Crippen LogP contribution in [0, 0.1) is 5.92 Å². The van der Waals surface area contributed by atoms with Gasteiger partial charge in [0.1, 0.15) is 5.54 Å². The van der Waals surface area contributed by atoms with Crippen molar-refractivity contribution in [3.8, 4) is 0 Å². The van der Waals surface area contributed by atoms with Crippen molar-refractivity contribution in [2.24, 2.45) is 10.9 Å². The Morgan fingerprint density at radius 3 is 2.88 bits per heavy atom. The molecule has 0 saturated carbocycles. The molecule has 34 heavy (non-hydrogen) atoms. The van der Waals surface area contributed by atoms with Gasteiger partial charge in [0.25, 0.3) is 0 Å². The average molecular weight is 459 g/mol. The zero-order chi connectivity index (χ0) is 23.4. The second-order valence-corrected chi connectivity index (χ2v) is 8.72. The van der Waals surface area contributed by atoms with Gasteiger partial charge in [0.2, 0.25) is 5.56 Å². The van der Waals surface area contributed by atoms with E-state index in [9.17, 15) is 9.59 Å². The Morgan fingerprint density at radius 2 is 2.12 bits per heavy atom. The summed E-state index contributed by atoms with van der Waals surface area (Å²) < 4.78 is 5.23. The van der Waals surface area contributed by atoms with E-state index < -0.39 is 5.54 Å². The quantitative estimate of drug-likeness (QED) is 0.327. The van der Waals surface area contributed by atoms with Crippen LogP contribution in [0.25, 0.3) is 6.08 Å². The number of aromatic amines is 1. The number of nitrogens with zero attached hydrogens (tertiary/aromatic N) is 1.